The van der Waals surface area contributed by atoms with Gasteiger partial charge >= 0.3 is 6.03 Å². The molecule has 0 saturated heterocycles. The fourth-order valence-electron chi connectivity index (χ4n) is 2.12. The Bertz CT molecular complexity index is 757. The van der Waals surface area contributed by atoms with Crippen molar-refractivity contribution in [1.29, 1.82) is 0 Å². The SMILES string of the molecule is O=C(NCCn1ccnc1-c1cnccn1)Nc1ccccc1. The fourth-order valence-corrected chi connectivity index (χ4v) is 2.12. The summed E-state index contributed by atoms with van der Waals surface area (Å²) in [7, 11) is 0. The Kier molecular flexibility index (Phi) is 4.58. The molecule has 0 aliphatic rings. The summed E-state index contributed by atoms with van der Waals surface area (Å²) in [5, 5.41) is 5.58. The summed E-state index contributed by atoms with van der Waals surface area (Å²) in [5.74, 6) is 0.725. The molecule has 0 fully saturated rings. The molecule has 0 unspecified atom stereocenters. The Labute approximate surface area is 133 Å². The highest BCUT2D eigenvalue weighted by Gasteiger charge is 2.07. The van der Waals surface area contributed by atoms with Gasteiger partial charge in [-0.15, -0.1) is 0 Å². The molecule has 2 heterocycles. The van der Waals surface area contributed by atoms with Crippen molar-refractivity contribution in [2.45, 2.75) is 6.54 Å². The molecule has 7 heteroatoms. The largest absolute Gasteiger partial charge is 0.336 e. The molecule has 0 aliphatic heterocycles. The van der Waals surface area contributed by atoms with Crippen LogP contribution < -0.4 is 10.6 Å². The predicted molar refractivity (Wildman–Crippen MR) is 86.7 cm³/mol. The number of urea groups is 1. The van der Waals surface area contributed by atoms with Crippen molar-refractivity contribution in [3.8, 4) is 11.5 Å². The second-order valence-electron chi connectivity index (χ2n) is 4.78. The van der Waals surface area contributed by atoms with Crippen LogP contribution in [0.25, 0.3) is 11.5 Å². The van der Waals surface area contributed by atoms with E-state index in [1.807, 2.05) is 41.1 Å². The van der Waals surface area contributed by atoms with E-state index in [-0.39, 0.29) is 6.03 Å². The highest BCUT2D eigenvalue weighted by molar-refractivity contribution is 5.89. The van der Waals surface area contributed by atoms with Crippen LogP contribution in [0.2, 0.25) is 0 Å². The minimum absolute atomic E-state index is 0.239. The molecule has 2 amide bonds. The molecule has 0 spiro atoms. The van der Waals surface area contributed by atoms with Gasteiger partial charge in [-0.3, -0.25) is 4.98 Å². The van der Waals surface area contributed by atoms with Crippen molar-refractivity contribution < 1.29 is 4.79 Å². The second-order valence-corrected chi connectivity index (χ2v) is 4.78. The van der Waals surface area contributed by atoms with Crippen molar-refractivity contribution in [1.82, 2.24) is 24.8 Å². The monoisotopic (exact) mass is 308 g/mol. The number of amides is 2. The van der Waals surface area contributed by atoms with Gasteiger partial charge in [0.2, 0.25) is 0 Å². The topological polar surface area (TPSA) is 84.7 Å². The van der Waals surface area contributed by atoms with Crippen molar-refractivity contribution in [2.24, 2.45) is 0 Å². The highest BCUT2D eigenvalue weighted by Crippen LogP contribution is 2.12. The number of imidazole rings is 1. The summed E-state index contributed by atoms with van der Waals surface area (Å²) in [5.41, 5.74) is 1.46. The smallest absolute Gasteiger partial charge is 0.319 e. The van der Waals surface area contributed by atoms with Crippen LogP contribution in [0.4, 0.5) is 10.5 Å². The average Bonchev–Trinajstić information content (AvgIpc) is 3.05. The third-order valence-corrected chi connectivity index (χ3v) is 3.18. The summed E-state index contributed by atoms with van der Waals surface area (Å²) in [6.45, 7) is 1.07. The van der Waals surface area contributed by atoms with E-state index < -0.39 is 0 Å². The molecule has 0 atom stereocenters. The molecule has 0 bridgehead atoms. The third-order valence-electron chi connectivity index (χ3n) is 3.18. The van der Waals surface area contributed by atoms with E-state index in [0.717, 1.165) is 11.5 Å². The Morgan fingerprint density at radius 2 is 1.96 bits per heavy atom. The van der Waals surface area contributed by atoms with Crippen LogP contribution in [-0.4, -0.2) is 32.1 Å². The number of aromatic nitrogens is 4. The molecular weight excluding hydrogens is 292 g/mol. The zero-order valence-electron chi connectivity index (χ0n) is 12.4. The van der Waals surface area contributed by atoms with Gasteiger partial charge < -0.3 is 15.2 Å². The van der Waals surface area contributed by atoms with Gasteiger partial charge in [-0.2, -0.15) is 0 Å². The minimum Gasteiger partial charge on any atom is -0.336 e. The Hall–Kier alpha value is -3.22. The van der Waals surface area contributed by atoms with E-state index >= 15 is 0 Å². The maximum atomic E-state index is 11.8. The maximum absolute atomic E-state index is 11.8. The Balaban J connectivity index is 1.54. The van der Waals surface area contributed by atoms with Crippen molar-refractivity contribution >= 4 is 11.7 Å². The van der Waals surface area contributed by atoms with E-state index in [4.69, 9.17) is 0 Å². The van der Waals surface area contributed by atoms with Crippen LogP contribution in [0.3, 0.4) is 0 Å². The highest BCUT2D eigenvalue weighted by atomic mass is 16.2. The predicted octanol–water partition coefficient (Wildman–Crippen LogP) is 2.16. The summed E-state index contributed by atoms with van der Waals surface area (Å²) >= 11 is 0. The quantitative estimate of drug-likeness (QED) is 0.756. The molecule has 1 aromatic carbocycles. The van der Waals surface area contributed by atoms with E-state index in [2.05, 4.69) is 25.6 Å². The first-order valence-electron chi connectivity index (χ1n) is 7.20. The van der Waals surface area contributed by atoms with Gasteiger partial charge in [-0.25, -0.2) is 14.8 Å². The number of rotatable bonds is 5. The molecule has 2 N–H and O–H groups in total. The summed E-state index contributed by atoms with van der Waals surface area (Å²) in [4.78, 5) is 24.4. The Morgan fingerprint density at radius 3 is 2.74 bits per heavy atom. The lowest BCUT2D eigenvalue weighted by atomic mass is 10.3. The minimum atomic E-state index is -0.239. The maximum Gasteiger partial charge on any atom is 0.319 e. The van der Waals surface area contributed by atoms with Gasteiger partial charge in [0.25, 0.3) is 0 Å². The lowest BCUT2D eigenvalue weighted by Crippen LogP contribution is -2.31. The number of nitrogens with zero attached hydrogens (tertiary/aromatic N) is 4. The van der Waals surface area contributed by atoms with Crippen LogP contribution >= 0.6 is 0 Å². The lowest BCUT2D eigenvalue weighted by Gasteiger charge is -2.09. The first-order valence-corrected chi connectivity index (χ1v) is 7.20. The zero-order valence-corrected chi connectivity index (χ0v) is 12.4. The van der Waals surface area contributed by atoms with Gasteiger partial charge in [0.15, 0.2) is 5.82 Å². The van der Waals surface area contributed by atoms with Crippen molar-refractivity contribution in [3.05, 3.63) is 61.3 Å². The molecule has 3 rings (SSSR count). The van der Waals surface area contributed by atoms with E-state index in [9.17, 15) is 4.79 Å². The van der Waals surface area contributed by atoms with Crippen LogP contribution in [0, 0.1) is 0 Å². The molecule has 0 saturated carbocycles. The van der Waals surface area contributed by atoms with Crippen LogP contribution in [0.15, 0.2) is 61.3 Å². The third kappa shape index (κ3) is 3.91. The first kappa shape index (κ1) is 14.7. The number of carbonyl (C=O) groups is 1. The first-order chi connectivity index (χ1) is 11.3. The number of hydrogen-bond donors (Lipinski definition) is 2. The summed E-state index contributed by atoms with van der Waals surface area (Å²) in [6.07, 6.45) is 8.45. The van der Waals surface area contributed by atoms with Gasteiger partial charge in [0, 0.05) is 43.6 Å². The number of hydrogen-bond acceptors (Lipinski definition) is 4. The van der Waals surface area contributed by atoms with Gasteiger partial charge in [-0.1, -0.05) is 18.2 Å². The molecular formula is C16H16N6O. The number of benzene rings is 1. The number of para-hydroxylation sites is 1. The second kappa shape index (κ2) is 7.17. The molecule has 116 valence electrons. The number of nitrogens with one attached hydrogen (secondary N) is 2. The zero-order chi connectivity index (χ0) is 15.9. The fraction of sp³-hybridized carbons (Fsp3) is 0.125. The molecule has 3 aromatic rings. The van der Waals surface area contributed by atoms with Crippen LogP contribution in [0.5, 0.6) is 0 Å². The van der Waals surface area contributed by atoms with Gasteiger partial charge in [0.1, 0.15) is 5.69 Å². The normalized spacial score (nSPS) is 10.3. The molecule has 0 radical (unpaired) electrons. The molecule has 0 aliphatic carbocycles. The van der Waals surface area contributed by atoms with E-state index in [1.165, 1.54) is 0 Å². The van der Waals surface area contributed by atoms with Crippen molar-refractivity contribution in [2.75, 3.05) is 11.9 Å². The number of anilines is 1. The summed E-state index contributed by atoms with van der Waals surface area (Å²) < 4.78 is 1.92. The Morgan fingerprint density at radius 1 is 1.09 bits per heavy atom. The lowest BCUT2D eigenvalue weighted by molar-refractivity contribution is 0.251. The van der Waals surface area contributed by atoms with E-state index in [0.29, 0.717) is 18.8 Å². The molecule has 2 aromatic heterocycles. The van der Waals surface area contributed by atoms with Crippen LogP contribution in [-0.2, 0) is 6.54 Å². The number of carbonyl (C=O) groups excluding carboxylic acids is 1. The summed E-state index contributed by atoms with van der Waals surface area (Å²) in [6, 6.07) is 9.07. The van der Waals surface area contributed by atoms with E-state index in [1.54, 1.807) is 24.8 Å². The van der Waals surface area contributed by atoms with Gasteiger partial charge in [-0.05, 0) is 12.1 Å². The molecule has 23 heavy (non-hydrogen) atoms. The average molecular weight is 308 g/mol. The standard InChI is InChI=1S/C16H16N6O/c23-16(21-13-4-2-1-3-5-13)20-9-11-22-10-8-19-15(22)14-12-17-6-7-18-14/h1-8,10,12H,9,11H2,(H2,20,21,23). The van der Waals surface area contributed by atoms with Crippen LogP contribution in [0.1, 0.15) is 0 Å². The van der Waals surface area contributed by atoms with Gasteiger partial charge in [0.05, 0.1) is 6.20 Å². The van der Waals surface area contributed by atoms with Crippen molar-refractivity contribution in [3.63, 3.8) is 0 Å². The molecule has 7 nitrogen and oxygen atoms in total.